The van der Waals surface area contributed by atoms with Gasteiger partial charge in [-0.05, 0) is 37.6 Å². The first-order chi connectivity index (χ1) is 9.62. The van der Waals surface area contributed by atoms with Gasteiger partial charge in [-0.25, -0.2) is 0 Å². The van der Waals surface area contributed by atoms with Crippen molar-refractivity contribution in [2.45, 2.75) is 45.1 Å². The molecule has 2 rings (SSSR count). The maximum Gasteiger partial charge on any atom is 0.310 e. The van der Waals surface area contributed by atoms with Gasteiger partial charge in [0.15, 0.2) is 0 Å². The molecule has 20 heavy (non-hydrogen) atoms. The number of pyridine rings is 1. The van der Waals surface area contributed by atoms with Gasteiger partial charge in [0, 0.05) is 25.5 Å². The summed E-state index contributed by atoms with van der Waals surface area (Å²) in [5.41, 5.74) is 0.620. The largest absolute Gasteiger partial charge is 0.481 e. The van der Waals surface area contributed by atoms with E-state index in [1.807, 2.05) is 19.2 Å². The summed E-state index contributed by atoms with van der Waals surface area (Å²) in [6.07, 6.45) is 9.59. The van der Waals surface area contributed by atoms with Crippen molar-refractivity contribution in [2.24, 2.45) is 5.41 Å². The Hall–Kier alpha value is -1.42. The maximum absolute atomic E-state index is 11.8. The summed E-state index contributed by atoms with van der Waals surface area (Å²) < 4.78 is 0. The molecule has 0 spiro atoms. The average molecular weight is 276 g/mol. The Kier molecular flexibility index (Phi) is 5.12. The molecule has 0 aromatic carbocycles. The van der Waals surface area contributed by atoms with Gasteiger partial charge in [0.25, 0.3) is 0 Å². The highest BCUT2D eigenvalue weighted by molar-refractivity contribution is 5.75. The molecule has 1 aromatic rings. The van der Waals surface area contributed by atoms with Gasteiger partial charge in [0.1, 0.15) is 0 Å². The minimum absolute atomic E-state index is 0.557. The lowest BCUT2D eigenvalue weighted by atomic mass is 9.80. The Labute approximate surface area is 120 Å². The summed E-state index contributed by atoms with van der Waals surface area (Å²) in [6, 6.07) is 3.97. The van der Waals surface area contributed by atoms with Crippen LogP contribution in [-0.4, -0.2) is 34.6 Å². The average Bonchev–Trinajstić information content (AvgIpc) is 2.66. The van der Waals surface area contributed by atoms with Crippen molar-refractivity contribution < 1.29 is 9.90 Å². The molecule has 1 aromatic heterocycles. The number of carboxylic acid groups (broad SMARTS) is 1. The van der Waals surface area contributed by atoms with E-state index in [0.717, 1.165) is 32.2 Å². The van der Waals surface area contributed by atoms with E-state index in [9.17, 15) is 9.90 Å². The number of aromatic nitrogens is 1. The zero-order valence-corrected chi connectivity index (χ0v) is 12.2. The Morgan fingerprint density at radius 3 is 2.40 bits per heavy atom. The van der Waals surface area contributed by atoms with Crippen LogP contribution in [0.1, 0.15) is 44.1 Å². The minimum atomic E-state index is -0.624. The molecule has 110 valence electrons. The molecule has 0 amide bonds. The third-order valence-corrected chi connectivity index (χ3v) is 4.29. The zero-order chi connectivity index (χ0) is 14.4. The first-order valence-electron chi connectivity index (χ1n) is 7.43. The molecule has 1 aliphatic rings. The lowest BCUT2D eigenvalue weighted by molar-refractivity contribution is -0.151. The summed E-state index contributed by atoms with van der Waals surface area (Å²) >= 11 is 0. The van der Waals surface area contributed by atoms with Crippen molar-refractivity contribution >= 4 is 5.97 Å². The van der Waals surface area contributed by atoms with Gasteiger partial charge in [-0.1, -0.05) is 25.7 Å². The Morgan fingerprint density at radius 1 is 1.25 bits per heavy atom. The van der Waals surface area contributed by atoms with Crippen LogP contribution in [0.5, 0.6) is 0 Å². The Morgan fingerprint density at radius 2 is 1.85 bits per heavy atom. The highest BCUT2D eigenvalue weighted by Gasteiger charge is 2.39. The second-order valence-corrected chi connectivity index (χ2v) is 6.03. The van der Waals surface area contributed by atoms with E-state index < -0.39 is 11.4 Å². The quantitative estimate of drug-likeness (QED) is 0.840. The van der Waals surface area contributed by atoms with E-state index >= 15 is 0 Å². The molecule has 0 radical (unpaired) electrons. The summed E-state index contributed by atoms with van der Waals surface area (Å²) in [7, 11) is 2.01. The van der Waals surface area contributed by atoms with Crippen molar-refractivity contribution in [3.8, 4) is 0 Å². The van der Waals surface area contributed by atoms with Crippen LogP contribution in [0.3, 0.4) is 0 Å². The van der Waals surface area contributed by atoms with Gasteiger partial charge in [0.05, 0.1) is 5.41 Å². The first-order valence-corrected chi connectivity index (χ1v) is 7.43. The number of nitrogens with zero attached hydrogens (tertiary/aromatic N) is 2. The van der Waals surface area contributed by atoms with Crippen molar-refractivity contribution in [3.05, 3.63) is 30.1 Å². The van der Waals surface area contributed by atoms with Crippen LogP contribution in [0, 0.1) is 5.41 Å². The highest BCUT2D eigenvalue weighted by Crippen LogP contribution is 2.36. The molecule has 4 heteroatoms. The van der Waals surface area contributed by atoms with Crippen LogP contribution < -0.4 is 0 Å². The van der Waals surface area contributed by atoms with Crippen LogP contribution >= 0.6 is 0 Å². The van der Waals surface area contributed by atoms with Crippen molar-refractivity contribution in [2.75, 3.05) is 13.6 Å². The monoisotopic (exact) mass is 276 g/mol. The molecule has 0 unspecified atom stereocenters. The number of hydrogen-bond donors (Lipinski definition) is 1. The van der Waals surface area contributed by atoms with Gasteiger partial charge in [0.2, 0.25) is 0 Å². The van der Waals surface area contributed by atoms with Crippen LogP contribution in [0.25, 0.3) is 0 Å². The normalized spacial score (nSPS) is 18.7. The number of carboxylic acids is 1. The molecule has 1 fully saturated rings. The van der Waals surface area contributed by atoms with Crippen LogP contribution in [-0.2, 0) is 11.3 Å². The SMILES string of the molecule is CN(Cc1ccncc1)CC1(C(=O)O)CCCCCC1. The predicted molar refractivity (Wildman–Crippen MR) is 78.3 cm³/mol. The maximum atomic E-state index is 11.8. The fraction of sp³-hybridized carbons (Fsp3) is 0.625. The summed E-state index contributed by atoms with van der Waals surface area (Å²) in [5.74, 6) is -0.624. The van der Waals surface area contributed by atoms with Crippen LogP contribution in [0.4, 0.5) is 0 Å². The number of carbonyl (C=O) groups is 1. The molecule has 1 saturated carbocycles. The van der Waals surface area contributed by atoms with E-state index in [-0.39, 0.29) is 0 Å². The summed E-state index contributed by atoms with van der Waals surface area (Å²) in [5, 5.41) is 9.69. The fourth-order valence-corrected chi connectivity index (χ4v) is 3.22. The second kappa shape index (κ2) is 6.84. The summed E-state index contributed by atoms with van der Waals surface area (Å²) in [4.78, 5) is 17.9. The molecule has 1 aliphatic carbocycles. The van der Waals surface area contributed by atoms with Crippen LogP contribution in [0.2, 0.25) is 0 Å². The molecule has 0 saturated heterocycles. The van der Waals surface area contributed by atoms with E-state index in [2.05, 4.69) is 9.88 Å². The van der Waals surface area contributed by atoms with E-state index in [1.54, 1.807) is 12.4 Å². The smallest absolute Gasteiger partial charge is 0.310 e. The number of hydrogen-bond acceptors (Lipinski definition) is 3. The van der Waals surface area contributed by atoms with Gasteiger partial charge in [-0.3, -0.25) is 9.78 Å². The molecular formula is C16H24N2O2. The fourth-order valence-electron chi connectivity index (χ4n) is 3.22. The number of aliphatic carboxylic acids is 1. The van der Waals surface area contributed by atoms with Gasteiger partial charge >= 0.3 is 5.97 Å². The van der Waals surface area contributed by atoms with E-state index in [0.29, 0.717) is 6.54 Å². The molecular weight excluding hydrogens is 252 g/mol. The van der Waals surface area contributed by atoms with Gasteiger partial charge in [-0.15, -0.1) is 0 Å². The third kappa shape index (κ3) is 3.79. The predicted octanol–water partition coefficient (Wildman–Crippen LogP) is 2.94. The lowest BCUT2D eigenvalue weighted by Crippen LogP contribution is -2.41. The van der Waals surface area contributed by atoms with Crippen LogP contribution in [0.15, 0.2) is 24.5 Å². The van der Waals surface area contributed by atoms with Crippen molar-refractivity contribution in [1.29, 1.82) is 0 Å². The number of rotatable bonds is 5. The van der Waals surface area contributed by atoms with Gasteiger partial charge in [-0.2, -0.15) is 0 Å². The Balaban J connectivity index is 2.02. The van der Waals surface area contributed by atoms with Crippen molar-refractivity contribution in [1.82, 2.24) is 9.88 Å². The summed E-state index contributed by atoms with van der Waals surface area (Å²) in [6.45, 7) is 1.40. The molecule has 0 aliphatic heterocycles. The molecule has 4 nitrogen and oxygen atoms in total. The minimum Gasteiger partial charge on any atom is -0.481 e. The molecule has 0 bridgehead atoms. The molecule has 1 heterocycles. The topological polar surface area (TPSA) is 53.4 Å². The van der Waals surface area contributed by atoms with E-state index in [4.69, 9.17) is 0 Å². The zero-order valence-electron chi connectivity index (χ0n) is 12.2. The van der Waals surface area contributed by atoms with Crippen molar-refractivity contribution in [3.63, 3.8) is 0 Å². The standard InChI is InChI=1S/C16H24N2O2/c1-18(12-14-6-10-17-11-7-14)13-16(15(19)20)8-4-2-3-5-9-16/h6-7,10-11H,2-5,8-9,12-13H2,1H3,(H,19,20). The lowest BCUT2D eigenvalue weighted by Gasteiger charge is -2.32. The van der Waals surface area contributed by atoms with E-state index in [1.165, 1.54) is 18.4 Å². The Bertz CT molecular complexity index is 425. The first kappa shape index (κ1) is 15.0. The second-order valence-electron chi connectivity index (χ2n) is 6.03. The molecule has 0 atom stereocenters. The van der Waals surface area contributed by atoms with Gasteiger partial charge < -0.3 is 10.0 Å². The third-order valence-electron chi connectivity index (χ3n) is 4.29. The highest BCUT2D eigenvalue weighted by atomic mass is 16.4. The molecule has 1 N–H and O–H groups in total.